The number of nitrogens with two attached hydrogens (primary N) is 1. The van der Waals surface area contributed by atoms with Gasteiger partial charge in [0.15, 0.2) is 0 Å². The quantitative estimate of drug-likeness (QED) is 0.590. The zero-order valence-corrected chi connectivity index (χ0v) is 13.1. The molecule has 4 heteroatoms. The van der Waals surface area contributed by atoms with Gasteiger partial charge in [-0.05, 0) is 50.4 Å². The Kier molecular flexibility index (Phi) is 5.79. The third-order valence-electron chi connectivity index (χ3n) is 4.07. The maximum absolute atomic E-state index is 5.85. The van der Waals surface area contributed by atoms with Crippen molar-refractivity contribution in [2.45, 2.75) is 52.6 Å². The van der Waals surface area contributed by atoms with Crippen LogP contribution in [0.2, 0.25) is 0 Å². The fraction of sp³-hybridized carbons (Fsp3) is 0.714. The van der Waals surface area contributed by atoms with E-state index in [0.717, 1.165) is 19.5 Å². The van der Waals surface area contributed by atoms with Gasteiger partial charge in [0.1, 0.15) is 0 Å². The number of hydrogen-bond acceptors (Lipinski definition) is 4. The molecule has 1 heterocycles. The van der Waals surface area contributed by atoms with Crippen LogP contribution in [0.3, 0.4) is 0 Å². The van der Waals surface area contributed by atoms with Gasteiger partial charge in [-0.2, -0.15) is 0 Å². The Bertz CT molecular complexity index is 360. The molecular weight excluding hydrogens is 242 g/mol. The van der Waals surface area contributed by atoms with Gasteiger partial charge in [-0.15, -0.1) is 11.3 Å². The molecule has 0 aromatic carbocycles. The molecule has 3 N–H and O–H groups in total. The summed E-state index contributed by atoms with van der Waals surface area (Å²) in [5.74, 6) is 5.85. The summed E-state index contributed by atoms with van der Waals surface area (Å²) in [4.78, 5) is 3.83. The molecule has 0 saturated carbocycles. The Labute approximate surface area is 115 Å². The predicted octanol–water partition coefficient (Wildman–Crippen LogP) is 3.07. The van der Waals surface area contributed by atoms with Crippen molar-refractivity contribution in [3.63, 3.8) is 0 Å². The van der Waals surface area contributed by atoms with Crippen molar-refractivity contribution in [2.75, 3.05) is 13.1 Å². The Morgan fingerprint density at radius 1 is 1.39 bits per heavy atom. The normalized spacial score (nSPS) is 16.8. The van der Waals surface area contributed by atoms with Gasteiger partial charge in [0, 0.05) is 10.4 Å². The van der Waals surface area contributed by atoms with E-state index in [0.29, 0.717) is 0 Å². The van der Waals surface area contributed by atoms with Crippen LogP contribution in [-0.4, -0.2) is 23.5 Å². The molecule has 0 aliphatic rings. The van der Waals surface area contributed by atoms with Crippen molar-refractivity contribution in [1.29, 1.82) is 0 Å². The summed E-state index contributed by atoms with van der Waals surface area (Å²) in [6, 6.07) is 2.42. The van der Waals surface area contributed by atoms with Crippen molar-refractivity contribution in [2.24, 2.45) is 5.84 Å². The number of hydrazine groups is 1. The second-order valence-corrected chi connectivity index (χ2v) is 6.09. The molecule has 104 valence electrons. The number of likely N-dealkylation sites (N-methyl/N-ethyl adjacent to an activating group) is 1. The Balaban J connectivity index is 3.10. The molecule has 1 aromatic heterocycles. The molecule has 2 unspecified atom stereocenters. The first kappa shape index (κ1) is 15.6. The molecule has 0 bridgehead atoms. The lowest BCUT2D eigenvalue weighted by atomic mass is 9.84. The predicted molar refractivity (Wildman–Crippen MR) is 80.7 cm³/mol. The highest BCUT2D eigenvalue weighted by molar-refractivity contribution is 7.10. The molecule has 0 fully saturated rings. The lowest BCUT2D eigenvalue weighted by molar-refractivity contribution is 0.0700. The number of thiophene rings is 1. The summed E-state index contributed by atoms with van der Waals surface area (Å²) in [7, 11) is 0. The fourth-order valence-corrected chi connectivity index (χ4v) is 3.54. The first-order chi connectivity index (χ1) is 8.53. The fourth-order valence-electron chi connectivity index (χ4n) is 2.81. The van der Waals surface area contributed by atoms with Gasteiger partial charge in [0.05, 0.1) is 6.04 Å². The molecule has 0 radical (unpaired) electrons. The maximum Gasteiger partial charge on any atom is 0.0649 e. The summed E-state index contributed by atoms with van der Waals surface area (Å²) >= 11 is 1.79. The minimum atomic E-state index is 0.0474. The van der Waals surface area contributed by atoms with Crippen molar-refractivity contribution >= 4 is 11.3 Å². The van der Waals surface area contributed by atoms with Crippen molar-refractivity contribution in [3.05, 3.63) is 21.9 Å². The smallest absolute Gasteiger partial charge is 0.0649 e. The van der Waals surface area contributed by atoms with E-state index in [1.165, 1.54) is 10.4 Å². The van der Waals surface area contributed by atoms with Crippen LogP contribution in [-0.2, 0) is 0 Å². The first-order valence-corrected chi connectivity index (χ1v) is 7.67. The SMILES string of the molecule is CCN(CC)C(C)(CC)C(NN)c1csc(C)c1. The Hall–Kier alpha value is -0.420. The summed E-state index contributed by atoms with van der Waals surface area (Å²) in [5, 5.41) is 2.22. The minimum absolute atomic E-state index is 0.0474. The zero-order chi connectivity index (χ0) is 13.8. The van der Waals surface area contributed by atoms with Crippen LogP contribution in [0.4, 0.5) is 0 Å². The summed E-state index contributed by atoms with van der Waals surface area (Å²) in [5.41, 5.74) is 4.39. The topological polar surface area (TPSA) is 41.3 Å². The standard InChI is InChI=1S/C14H27N3S/c1-6-14(5,17(7-2)8-3)13(16-15)12-9-11(4)18-10-12/h9-10,13,16H,6-8,15H2,1-5H3. The van der Waals surface area contributed by atoms with Crippen molar-refractivity contribution in [1.82, 2.24) is 10.3 Å². The van der Waals surface area contributed by atoms with Crippen LogP contribution in [0.15, 0.2) is 11.4 Å². The zero-order valence-electron chi connectivity index (χ0n) is 12.3. The second-order valence-electron chi connectivity index (χ2n) is 4.97. The van der Waals surface area contributed by atoms with E-state index in [4.69, 9.17) is 5.84 Å². The molecule has 0 aliphatic carbocycles. The van der Waals surface area contributed by atoms with Crippen LogP contribution in [0.5, 0.6) is 0 Å². The lowest BCUT2D eigenvalue weighted by Gasteiger charge is -2.45. The molecule has 0 amide bonds. The van der Waals surface area contributed by atoms with Gasteiger partial charge in [0.25, 0.3) is 0 Å². The number of aryl methyl sites for hydroxylation is 1. The lowest BCUT2D eigenvalue weighted by Crippen LogP contribution is -2.55. The number of nitrogens with one attached hydrogen (secondary N) is 1. The number of nitrogens with zero attached hydrogens (tertiary/aromatic N) is 1. The molecule has 0 saturated heterocycles. The summed E-state index contributed by atoms with van der Waals surface area (Å²) in [6.45, 7) is 13.2. The van der Waals surface area contributed by atoms with E-state index < -0.39 is 0 Å². The van der Waals surface area contributed by atoms with E-state index in [1.807, 2.05) is 0 Å². The number of rotatable bonds is 7. The van der Waals surface area contributed by atoms with Gasteiger partial charge in [-0.1, -0.05) is 20.8 Å². The van der Waals surface area contributed by atoms with Gasteiger partial charge < -0.3 is 0 Å². The van der Waals surface area contributed by atoms with Gasteiger partial charge in [0.2, 0.25) is 0 Å². The van der Waals surface area contributed by atoms with Crippen LogP contribution in [0.25, 0.3) is 0 Å². The maximum atomic E-state index is 5.85. The summed E-state index contributed by atoms with van der Waals surface area (Å²) in [6.07, 6.45) is 1.07. The first-order valence-electron chi connectivity index (χ1n) is 6.79. The third kappa shape index (κ3) is 2.94. The average Bonchev–Trinajstić information content (AvgIpc) is 2.78. The largest absolute Gasteiger partial charge is 0.297 e. The summed E-state index contributed by atoms with van der Waals surface area (Å²) < 4.78 is 0. The molecule has 1 aromatic rings. The molecule has 2 atom stereocenters. The highest BCUT2D eigenvalue weighted by Crippen LogP contribution is 2.35. The van der Waals surface area contributed by atoms with Gasteiger partial charge in [-0.3, -0.25) is 16.2 Å². The van der Waals surface area contributed by atoms with Crippen LogP contribution >= 0.6 is 11.3 Å². The molecule has 0 aliphatic heterocycles. The molecular formula is C14H27N3S. The monoisotopic (exact) mass is 269 g/mol. The minimum Gasteiger partial charge on any atom is -0.297 e. The number of hydrogen-bond donors (Lipinski definition) is 2. The third-order valence-corrected chi connectivity index (χ3v) is 4.95. The molecule has 1 rings (SSSR count). The highest BCUT2D eigenvalue weighted by atomic mass is 32.1. The van der Waals surface area contributed by atoms with E-state index in [-0.39, 0.29) is 11.6 Å². The molecule has 3 nitrogen and oxygen atoms in total. The Morgan fingerprint density at radius 2 is 2.00 bits per heavy atom. The van der Waals surface area contributed by atoms with E-state index in [1.54, 1.807) is 11.3 Å². The molecule has 18 heavy (non-hydrogen) atoms. The Morgan fingerprint density at radius 3 is 2.33 bits per heavy atom. The van der Waals surface area contributed by atoms with Crippen LogP contribution < -0.4 is 11.3 Å². The highest BCUT2D eigenvalue weighted by Gasteiger charge is 2.37. The van der Waals surface area contributed by atoms with E-state index in [9.17, 15) is 0 Å². The van der Waals surface area contributed by atoms with E-state index in [2.05, 4.69) is 56.4 Å². The van der Waals surface area contributed by atoms with E-state index >= 15 is 0 Å². The van der Waals surface area contributed by atoms with Crippen LogP contribution in [0, 0.1) is 6.92 Å². The van der Waals surface area contributed by atoms with Gasteiger partial charge in [-0.25, -0.2) is 0 Å². The molecule has 0 spiro atoms. The average molecular weight is 269 g/mol. The van der Waals surface area contributed by atoms with Gasteiger partial charge >= 0.3 is 0 Å². The van der Waals surface area contributed by atoms with Crippen LogP contribution in [0.1, 0.15) is 50.6 Å². The van der Waals surface area contributed by atoms with Crippen molar-refractivity contribution in [3.8, 4) is 0 Å². The second kappa shape index (κ2) is 6.66. The van der Waals surface area contributed by atoms with Crippen molar-refractivity contribution < 1.29 is 0 Å².